The Bertz CT molecular complexity index is 885. The number of nitrogens with two attached hydrogens (primary N) is 2. The minimum Gasteiger partial charge on any atom is -0.370 e. The number of nitrogens with zero attached hydrogens (tertiary/aromatic N) is 1. The van der Waals surface area contributed by atoms with Gasteiger partial charge < -0.3 is 11.5 Å². The van der Waals surface area contributed by atoms with E-state index in [0.29, 0.717) is 11.1 Å². The molecule has 0 aliphatic rings. The summed E-state index contributed by atoms with van der Waals surface area (Å²) in [7, 11) is 0. The van der Waals surface area contributed by atoms with Crippen LogP contribution < -0.4 is 11.5 Å². The van der Waals surface area contributed by atoms with Gasteiger partial charge in [-0.3, -0.25) is 4.79 Å². The van der Waals surface area contributed by atoms with Crippen molar-refractivity contribution in [3.05, 3.63) is 107 Å². The summed E-state index contributed by atoms with van der Waals surface area (Å²) in [6, 6.07) is 26.0. The average molecular weight is 329 g/mol. The van der Waals surface area contributed by atoms with Crippen molar-refractivity contribution in [3.63, 3.8) is 0 Å². The number of aliphatic imine (C=N–C) groups is 1. The van der Waals surface area contributed by atoms with E-state index in [9.17, 15) is 4.79 Å². The van der Waals surface area contributed by atoms with Gasteiger partial charge in [0.2, 0.25) is 0 Å². The number of carbonyl (C=O) groups excluding carboxylic acids is 1. The molecular weight excluding hydrogens is 310 g/mol. The largest absolute Gasteiger partial charge is 0.370 e. The fourth-order valence-electron chi connectivity index (χ4n) is 2.73. The lowest BCUT2D eigenvalue weighted by Crippen LogP contribution is -2.24. The molecule has 0 saturated heterocycles. The second kappa shape index (κ2) is 7.45. The second-order valence-corrected chi connectivity index (χ2v) is 5.69. The molecule has 0 aromatic heterocycles. The molecule has 0 saturated carbocycles. The van der Waals surface area contributed by atoms with Gasteiger partial charge in [0.25, 0.3) is 0 Å². The van der Waals surface area contributed by atoms with Crippen LogP contribution in [-0.2, 0) is 0 Å². The van der Waals surface area contributed by atoms with E-state index in [1.54, 1.807) is 18.2 Å². The van der Waals surface area contributed by atoms with E-state index in [-0.39, 0.29) is 17.8 Å². The third-order valence-electron chi connectivity index (χ3n) is 3.89. The third kappa shape index (κ3) is 3.93. The predicted molar refractivity (Wildman–Crippen MR) is 100 cm³/mol. The van der Waals surface area contributed by atoms with Crippen LogP contribution in [0.4, 0.5) is 0 Å². The first-order chi connectivity index (χ1) is 12.1. The lowest BCUT2D eigenvalue weighted by atomic mass is 9.95. The molecule has 0 radical (unpaired) electrons. The summed E-state index contributed by atoms with van der Waals surface area (Å²) in [6.45, 7) is 0. The molecule has 1 atom stereocenters. The minimum atomic E-state index is -0.352. The molecule has 1 unspecified atom stereocenters. The van der Waals surface area contributed by atoms with Crippen molar-refractivity contribution in [1.29, 1.82) is 0 Å². The fourth-order valence-corrected chi connectivity index (χ4v) is 2.73. The van der Waals surface area contributed by atoms with E-state index >= 15 is 0 Å². The Balaban J connectivity index is 2.01. The topological polar surface area (TPSA) is 81.5 Å². The van der Waals surface area contributed by atoms with E-state index in [2.05, 4.69) is 4.99 Å². The van der Waals surface area contributed by atoms with Crippen LogP contribution in [0.3, 0.4) is 0 Å². The molecule has 4 N–H and O–H groups in total. The van der Waals surface area contributed by atoms with Crippen LogP contribution in [0.2, 0.25) is 0 Å². The Morgan fingerprint density at radius 3 is 1.92 bits per heavy atom. The average Bonchev–Trinajstić information content (AvgIpc) is 2.67. The lowest BCUT2D eigenvalue weighted by Gasteiger charge is -2.15. The highest BCUT2D eigenvalue weighted by Gasteiger charge is 2.16. The first-order valence-electron chi connectivity index (χ1n) is 7.98. The summed E-state index contributed by atoms with van der Waals surface area (Å²) in [4.78, 5) is 17.0. The molecule has 4 heteroatoms. The van der Waals surface area contributed by atoms with Gasteiger partial charge in [-0.2, -0.15) is 0 Å². The normalized spacial score (nSPS) is 11.5. The van der Waals surface area contributed by atoms with Gasteiger partial charge in [-0.05, 0) is 17.2 Å². The highest BCUT2D eigenvalue weighted by atomic mass is 16.1. The van der Waals surface area contributed by atoms with E-state index in [1.165, 1.54) is 0 Å². The van der Waals surface area contributed by atoms with Gasteiger partial charge in [-0.15, -0.1) is 0 Å². The molecule has 0 spiro atoms. The number of hydrogen-bond acceptors (Lipinski definition) is 2. The van der Waals surface area contributed by atoms with Crippen molar-refractivity contribution >= 4 is 11.7 Å². The molecule has 3 aromatic rings. The van der Waals surface area contributed by atoms with Gasteiger partial charge in [0.15, 0.2) is 11.7 Å². The predicted octanol–water partition coefficient (Wildman–Crippen LogP) is 3.28. The summed E-state index contributed by atoms with van der Waals surface area (Å²) in [5.41, 5.74) is 14.3. The number of benzene rings is 3. The van der Waals surface area contributed by atoms with Gasteiger partial charge in [-0.25, -0.2) is 4.99 Å². The minimum absolute atomic E-state index is 0.00800. The van der Waals surface area contributed by atoms with Crippen LogP contribution >= 0.6 is 0 Å². The maximum Gasteiger partial charge on any atom is 0.193 e. The zero-order chi connectivity index (χ0) is 17.6. The van der Waals surface area contributed by atoms with Crippen LogP contribution in [0.25, 0.3) is 0 Å². The third-order valence-corrected chi connectivity index (χ3v) is 3.89. The van der Waals surface area contributed by atoms with Gasteiger partial charge in [0.05, 0.1) is 0 Å². The summed E-state index contributed by atoms with van der Waals surface area (Å²) in [6.07, 6.45) is 0. The molecule has 3 aromatic carbocycles. The Morgan fingerprint density at radius 2 is 1.28 bits per heavy atom. The van der Waals surface area contributed by atoms with Gasteiger partial charge in [0, 0.05) is 11.1 Å². The van der Waals surface area contributed by atoms with Gasteiger partial charge in [-0.1, -0.05) is 78.9 Å². The van der Waals surface area contributed by atoms with Crippen molar-refractivity contribution < 1.29 is 4.79 Å². The first-order valence-corrected chi connectivity index (χ1v) is 7.98. The van der Waals surface area contributed by atoms with Gasteiger partial charge >= 0.3 is 0 Å². The maximum atomic E-state index is 12.7. The van der Waals surface area contributed by atoms with E-state index in [1.807, 2.05) is 66.7 Å². The zero-order valence-electron chi connectivity index (χ0n) is 13.7. The molecule has 4 nitrogen and oxygen atoms in total. The Morgan fingerprint density at radius 1 is 0.720 bits per heavy atom. The monoisotopic (exact) mass is 329 g/mol. The lowest BCUT2D eigenvalue weighted by molar-refractivity contribution is 0.103. The molecule has 0 heterocycles. The molecule has 25 heavy (non-hydrogen) atoms. The Labute approximate surface area is 146 Å². The van der Waals surface area contributed by atoms with Crippen LogP contribution in [0.5, 0.6) is 0 Å². The Hall–Kier alpha value is -3.40. The molecule has 3 rings (SSSR count). The summed E-state index contributed by atoms with van der Waals surface area (Å²) in [5.74, 6) is -0.0207. The van der Waals surface area contributed by atoms with Crippen LogP contribution in [-0.4, -0.2) is 11.7 Å². The highest BCUT2D eigenvalue weighted by Crippen LogP contribution is 2.27. The smallest absolute Gasteiger partial charge is 0.193 e. The number of guanidine groups is 1. The summed E-state index contributed by atoms with van der Waals surface area (Å²) >= 11 is 0. The van der Waals surface area contributed by atoms with Crippen molar-refractivity contribution in [1.82, 2.24) is 0 Å². The molecule has 0 fully saturated rings. The quantitative estimate of drug-likeness (QED) is 0.428. The molecule has 0 amide bonds. The van der Waals surface area contributed by atoms with Gasteiger partial charge in [0.1, 0.15) is 6.04 Å². The Kier molecular flexibility index (Phi) is 4.90. The summed E-state index contributed by atoms with van der Waals surface area (Å²) in [5, 5.41) is 0. The fraction of sp³-hybridized carbons (Fsp3) is 0.0476. The molecular formula is C21H19N3O. The van der Waals surface area contributed by atoms with Crippen LogP contribution in [0, 0.1) is 0 Å². The van der Waals surface area contributed by atoms with Crippen LogP contribution in [0.15, 0.2) is 89.9 Å². The SMILES string of the molecule is NC(N)=NC(c1ccccc1)c1cccc(C(=O)c2ccccc2)c1. The second-order valence-electron chi connectivity index (χ2n) is 5.69. The molecule has 124 valence electrons. The standard InChI is InChI=1S/C21H19N3O/c22-21(23)24-19(15-8-3-1-4-9-15)17-12-7-13-18(14-17)20(25)16-10-5-2-6-11-16/h1-14,19H,(H4,22,23,24). The zero-order valence-corrected chi connectivity index (χ0v) is 13.7. The van der Waals surface area contributed by atoms with Crippen molar-refractivity contribution in [2.75, 3.05) is 0 Å². The van der Waals surface area contributed by atoms with Crippen LogP contribution in [0.1, 0.15) is 33.1 Å². The van der Waals surface area contributed by atoms with Crippen molar-refractivity contribution in [2.45, 2.75) is 6.04 Å². The molecule has 0 bridgehead atoms. The highest BCUT2D eigenvalue weighted by molar-refractivity contribution is 6.09. The van der Waals surface area contributed by atoms with Crippen molar-refractivity contribution in [3.8, 4) is 0 Å². The number of carbonyl (C=O) groups is 1. The number of hydrogen-bond donors (Lipinski definition) is 2. The molecule has 0 aliphatic heterocycles. The van der Waals surface area contributed by atoms with E-state index in [4.69, 9.17) is 11.5 Å². The number of rotatable bonds is 5. The maximum absolute atomic E-state index is 12.7. The van der Waals surface area contributed by atoms with Crippen molar-refractivity contribution in [2.24, 2.45) is 16.5 Å². The van der Waals surface area contributed by atoms with E-state index in [0.717, 1.165) is 11.1 Å². The molecule has 0 aliphatic carbocycles. The van der Waals surface area contributed by atoms with E-state index < -0.39 is 0 Å². The first kappa shape index (κ1) is 16.5. The number of ketones is 1. The summed E-state index contributed by atoms with van der Waals surface area (Å²) < 4.78 is 0.